The maximum atomic E-state index is 4.73. The van der Waals surface area contributed by atoms with Crippen LogP contribution < -0.4 is 10.6 Å². The molecule has 0 spiro atoms. The summed E-state index contributed by atoms with van der Waals surface area (Å²) in [5.41, 5.74) is 2.66. The van der Waals surface area contributed by atoms with Crippen LogP contribution in [-0.4, -0.2) is 48.0 Å². The Hall–Kier alpha value is -0.470. The van der Waals surface area contributed by atoms with Crippen LogP contribution in [0, 0.1) is 0 Å². The van der Waals surface area contributed by atoms with E-state index in [9.17, 15) is 0 Å². The van der Waals surface area contributed by atoms with Gasteiger partial charge in [-0.15, -0.1) is 24.0 Å². The van der Waals surface area contributed by atoms with Crippen molar-refractivity contribution < 1.29 is 0 Å². The third-order valence-electron chi connectivity index (χ3n) is 4.63. The molecule has 4 nitrogen and oxygen atoms in total. The number of likely N-dealkylation sites (tertiary alicyclic amines) is 1. The Morgan fingerprint density at radius 3 is 2.31 bits per heavy atom. The van der Waals surface area contributed by atoms with Crippen LogP contribution in [0.1, 0.15) is 44.7 Å². The number of rotatable bonds is 8. The molecule has 0 aromatic heterocycles. The lowest BCUT2D eigenvalue weighted by atomic mass is 10.1. The number of halogens is 1. The first-order valence-electron chi connectivity index (χ1n) is 9.40. The number of hydrogen-bond acceptors (Lipinski definition) is 3. The molecule has 0 radical (unpaired) electrons. The first-order valence-corrected chi connectivity index (χ1v) is 10.6. The zero-order chi connectivity index (χ0) is 18.1. The minimum atomic E-state index is 0. The largest absolute Gasteiger partial charge is 0.357 e. The summed E-state index contributed by atoms with van der Waals surface area (Å²) >= 11 is 1.87. The van der Waals surface area contributed by atoms with Crippen molar-refractivity contribution in [2.45, 2.75) is 51.4 Å². The predicted molar refractivity (Wildman–Crippen MR) is 127 cm³/mol. The lowest BCUT2D eigenvalue weighted by Crippen LogP contribution is -2.43. The van der Waals surface area contributed by atoms with E-state index in [1.807, 2.05) is 11.8 Å². The van der Waals surface area contributed by atoms with E-state index in [2.05, 4.69) is 66.8 Å². The van der Waals surface area contributed by atoms with E-state index in [0.29, 0.717) is 6.54 Å². The molecule has 0 bridgehead atoms. The summed E-state index contributed by atoms with van der Waals surface area (Å²) in [4.78, 5) is 7.26. The molecule has 1 aliphatic rings. The molecule has 0 saturated carbocycles. The number of nitrogens with zero attached hydrogens (tertiary/aromatic N) is 2. The molecule has 26 heavy (non-hydrogen) atoms. The fourth-order valence-corrected chi connectivity index (χ4v) is 3.05. The molecular weight excluding hydrogens is 455 g/mol. The van der Waals surface area contributed by atoms with Crippen molar-refractivity contribution in [2.75, 3.05) is 32.4 Å². The van der Waals surface area contributed by atoms with E-state index >= 15 is 0 Å². The summed E-state index contributed by atoms with van der Waals surface area (Å²) in [5.74, 6) is 0.894. The van der Waals surface area contributed by atoms with Crippen LogP contribution in [-0.2, 0) is 13.1 Å². The molecule has 0 amide bonds. The van der Waals surface area contributed by atoms with Gasteiger partial charge in [0.05, 0.1) is 6.54 Å². The number of thioether (sulfide) groups is 1. The SMILES string of the molecule is CCNC(=NCc1ccc(CN2CCCC2)cc1)NCC(C)(C)SC.I. The summed E-state index contributed by atoms with van der Waals surface area (Å²) in [7, 11) is 0. The predicted octanol–water partition coefficient (Wildman–Crippen LogP) is 4.10. The van der Waals surface area contributed by atoms with E-state index in [0.717, 1.165) is 25.6 Å². The monoisotopic (exact) mass is 490 g/mol. The summed E-state index contributed by atoms with van der Waals surface area (Å²) in [5, 5.41) is 6.79. The van der Waals surface area contributed by atoms with Crippen molar-refractivity contribution in [3.05, 3.63) is 35.4 Å². The summed E-state index contributed by atoms with van der Waals surface area (Å²) in [6, 6.07) is 8.93. The standard InChI is InChI=1S/C20H34N4S.HI/c1-5-21-19(23-16-20(2,3)25-4)22-14-17-8-10-18(11-9-17)15-24-12-6-7-13-24;/h8-11H,5-7,12-16H2,1-4H3,(H2,21,22,23);1H. The molecule has 2 N–H and O–H groups in total. The van der Waals surface area contributed by atoms with Gasteiger partial charge in [-0.2, -0.15) is 11.8 Å². The van der Waals surface area contributed by atoms with Crippen LogP contribution in [0.4, 0.5) is 0 Å². The Morgan fingerprint density at radius 2 is 1.73 bits per heavy atom. The van der Waals surface area contributed by atoms with E-state index in [4.69, 9.17) is 4.99 Å². The molecule has 1 heterocycles. The highest BCUT2D eigenvalue weighted by molar-refractivity contribution is 14.0. The maximum Gasteiger partial charge on any atom is 0.191 e. The number of nitrogens with one attached hydrogen (secondary N) is 2. The van der Waals surface area contributed by atoms with Gasteiger partial charge in [0.15, 0.2) is 5.96 Å². The molecule has 0 unspecified atom stereocenters. The molecule has 2 rings (SSSR count). The molecule has 1 aliphatic heterocycles. The molecule has 1 aromatic rings. The Morgan fingerprint density at radius 1 is 1.12 bits per heavy atom. The molecule has 1 saturated heterocycles. The molecular formula is C20H35IN4S. The van der Waals surface area contributed by atoms with E-state index in [1.165, 1.54) is 37.1 Å². The highest BCUT2D eigenvalue weighted by Gasteiger charge is 2.16. The topological polar surface area (TPSA) is 39.7 Å². The van der Waals surface area contributed by atoms with Gasteiger partial charge in [-0.05, 0) is 64.1 Å². The van der Waals surface area contributed by atoms with Crippen molar-refractivity contribution in [2.24, 2.45) is 4.99 Å². The quantitative estimate of drug-likeness (QED) is 0.327. The number of guanidine groups is 1. The second kappa shape index (κ2) is 12.1. The van der Waals surface area contributed by atoms with E-state index < -0.39 is 0 Å². The van der Waals surface area contributed by atoms with Crippen LogP contribution >= 0.6 is 35.7 Å². The van der Waals surface area contributed by atoms with Crippen molar-refractivity contribution in [3.8, 4) is 0 Å². The molecule has 1 fully saturated rings. The van der Waals surface area contributed by atoms with E-state index in [1.54, 1.807) is 0 Å². The van der Waals surface area contributed by atoms with Gasteiger partial charge in [-0.1, -0.05) is 24.3 Å². The van der Waals surface area contributed by atoms with Crippen molar-refractivity contribution in [1.82, 2.24) is 15.5 Å². The first-order chi connectivity index (χ1) is 12.0. The maximum absolute atomic E-state index is 4.73. The lowest BCUT2D eigenvalue weighted by Gasteiger charge is -2.23. The average Bonchev–Trinajstić information content (AvgIpc) is 3.12. The molecule has 0 aliphatic carbocycles. The van der Waals surface area contributed by atoms with Crippen molar-refractivity contribution in [1.29, 1.82) is 0 Å². The van der Waals surface area contributed by atoms with Gasteiger partial charge in [0.25, 0.3) is 0 Å². The van der Waals surface area contributed by atoms with Crippen LogP contribution in [0.5, 0.6) is 0 Å². The smallest absolute Gasteiger partial charge is 0.191 e. The number of benzene rings is 1. The lowest BCUT2D eigenvalue weighted by molar-refractivity contribution is 0.331. The Kier molecular flexibility index (Phi) is 11.0. The third-order valence-corrected chi connectivity index (χ3v) is 5.88. The summed E-state index contributed by atoms with van der Waals surface area (Å²) in [6.07, 6.45) is 4.84. The summed E-state index contributed by atoms with van der Waals surface area (Å²) in [6.45, 7) is 12.6. The van der Waals surface area contributed by atoms with Crippen LogP contribution in [0.15, 0.2) is 29.3 Å². The fraction of sp³-hybridized carbons (Fsp3) is 0.650. The molecule has 0 atom stereocenters. The van der Waals surface area contributed by atoms with E-state index in [-0.39, 0.29) is 28.7 Å². The second-order valence-corrected chi connectivity index (χ2v) is 8.83. The molecule has 148 valence electrons. The average molecular weight is 490 g/mol. The third kappa shape index (κ3) is 8.48. The minimum Gasteiger partial charge on any atom is -0.357 e. The number of hydrogen-bond donors (Lipinski definition) is 2. The van der Waals surface area contributed by atoms with Crippen molar-refractivity contribution in [3.63, 3.8) is 0 Å². The first kappa shape index (κ1) is 23.6. The highest BCUT2D eigenvalue weighted by Crippen LogP contribution is 2.19. The molecule has 1 aromatic carbocycles. The van der Waals surface area contributed by atoms with Crippen LogP contribution in [0.2, 0.25) is 0 Å². The van der Waals surface area contributed by atoms with Gasteiger partial charge in [0.2, 0.25) is 0 Å². The van der Waals surface area contributed by atoms with Gasteiger partial charge in [0, 0.05) is 24.4 Å². The zero-order valence-electron chi connectivity index (χ0n) is 16.7. The minimum absolute atomic E-state index is 0. The zero-order valence-corrected chi connectivity index (χ0v) is 19.8. The van der Waals surface area contributed by atoms with Crippen molar-refractivity contribution >= 4 is 41.7 Å². The van der Waals surface area contributed by atoms with Gasteiger partial charge in [0.1, 0.15) is 0 Å². The summed E-state index contributed by atoms with van der Waals surface area (Å²) < 4.78 is 0.202. The Bertz CT molecular complexity index is 539. The van der Waals surface area contributed by atoms with Gasteiger partial charge >= 0.3 is 0 Å². The van der Waals surface area contributed by atoms with Gasteiger partial charge in [-0.3, -0.25) is 4.90 Å². The second-order valence-electron chi connectivity index (χ2n) is 7.31. The van der Waals surface area contributed by atoms with Crippen LogP contribution in [0.3, 0.4) is 0 Å². The highest BCUT2D eigenvalue weighted by atomic mass is 127. The normalized spacial score (nSPS) is 15.6. The van der Waals surface area contributed by atoms with Gasteiger partial charge < -0.3 is 10.6 Å². The van der Waals surface area contributed by atoms with Gasteiger partial charge in [-0.25, -0.2) is 4.99 Å². The fourth-order valence-electron chi connectivity index (χ4n) is 2.83. The number of aliphatic imine (C=N–C) groups is 1. The Labute approximate surface area is 181 Å². The molecule has 6 heteroatoms. The van der Waals surface area contributed by atoms with Crippen LogP contribution in [0.25, 0.3) is 0 Å². The Balaban J connectivity index is 0.00000338.